The van der Waals surface area contributed by atoms with Crippen molar-refractivity contribution < 1.29 is 19.9 Å². The van der Waals surface area contributed by atoms with Gasteiger partial charge in [0.1, 0.15) is 5.56 Å². The van der Waals surface area contributed by atoms with Crippen LogP contribution in [0.15, 0.2) is 12.1 Å². The topological polar surface area (TPSA) is 101 Å². The van der Waals surface area contributed by atoms with Crippen LogP contribution in [0.2, 0.25) is 0 Å². The van der Waals surface area contributed by atoms with Crippen molar-refractivity contribution in [1.29, 1.82) is 0 Å². The smallest absolute Gasteiger partial charge is 0.339 e. The number of carbonyl (C=O) groups is 1. The lowest BCUT2D eigenvalue weighted by Crippen LogP contribution is -2.00. The van der Waals surface area contributed by atoms with Crippen molar-refractivity contribution in [2.75, 3.05) is 0 Å². The first kappa shape index (κ1) is 10.7. The van der Waals surface area contributed by atoms with Gasteiger partial charge in [-0.05, 0) is 28.7 Å². The average molecular weight is 309 g/mol. The number of carboxylic acids is 1. The molecule has 14 heavy (non-hydrogen) atoms. The number of halogens is 1. The molecule has 0 atom stereocenters. The largest absolute Gasteiger partial charge is 0.501 e. The second-order valence-corrected chi connectivity index (χ2v) is 3.63. The van der Waals surface area contributed by atoms with Crippen molar-refractivity contribution in [3.8, 4) is 5.75 Å². The Morgan fingerprint density at radius 3 is 2.50 bits per heavy atom. The monoisotopic (exact) mass is 309 g/mol. The second-order valence-electron chi connectivity index (χ2n) is 2.38. The summed E-state index contributed by atoms with van der Waals surface area (Å²) in [5, 5.41) is 28.2. The molecule has 1 aromatic carbocycles. The van der Waals surface area contributed by atoms with Crippen LogP contribution in [-0.4, -0.2) is 21.1 Å². The third-order valence-corrected chi connectivity index (χ3v) is 2.10. The standard InChI is InChI=1S/C7H4INO5/c8-3-1-4(7(11)12)6(10)5(2-3)9(13)14/h1-2,10H,(H,11,12). The molecule has 0 aliphatic carbocycles. The van der Waals surface area contributed by atoms with Gasteiger partial charge >= 0.3 is 11.7 Å². The van der Waals surface area contributed by atoms with Gasteiger partial charge in [-0.15, -0.1) is 0 Å². The highest BCUT2D eigenvalue weighted by atomic mass is 127. The Morgan fingerprint density at radius 2 is 2.07 bits per heavy atom. The summed E-state index contributed by atoms with van der Waals surface area (Å²) in [6.45, 7) is 0. The number of aromatic carboxylic acids is 1. The van der Waals surface area contributed by atoms with Crippen molar-refractivity contribution in [1.82, 2.24) is 0 Å². The van der Waals surface area contributed by atoms with Crippen LogP contribution < -0.4 is 0 Å². The summed E-state index contributed by atoms with van der Waals surface area (Å²) in [6, 6.07) is 2.26. The minimum absolute atomic E-state index is 0.379. The van der Waals surface area contributed by atoms with Gasteiger partial charge in [0.2, 0.25) is 5.75 Å². The fourth-order valence-electron chi connectivity index (χ4n) is 0.887. The van der Waals surface area contributed by atoms with Gasteiger partial charge in [-0.2, -0.15) is 0 Å². The van der Waals surface area contributed by atoms with Gasteiger partial charge in [-0.25, -0.2) is 4.79 Å². The van der Waals surface area contributed by atoms with E-state index in [-0.39, 0.29) is 0 Å². The Labute approximate surface area is 91.5 Å². The third kappa shape index (κ3) is 1.92. The highest BCUT2D eigenvalue weighted by molar-refractivity contribution is 14.1. The van der Waals surface area contributed by atoms with E-state index in [1.165, 1.54) is 0 Å². The maximum Gasteiger partial charge on any atom is 0.339 e. The fraction of sp³-hybridized carbons (Fsp3) is 0. The van der Waals surface area contributed by atoms with E-state index in [0.717, 1.165) is 12.1 Å². The first-order valence-electron chi connectivity index (χ1n) is 3.33. The minimum Gasteiger partial charge on any atom is -0.501 e. The lowest BCUT2D eigenvalue weighted by Gasteiger charge is -2.01. The minimum atomic E-state index is -1.40. The lowest BCUT2D eigenvalue weighted by molar-refractivity contribution is -0.386. The molecular formula is C7H4INO5. The molecule has 1 aromatic rings. The van der Waals surface area contributed by atoms with Gasteiger partial charge in [0.15, 0.2) is 0 Å². The quantitative estimate of drug-likeness (QED) is 0.491. The molecule has 0 unspecified atom stereocenters. The molecule has 0 aliphatic rings. The predicted molar refractivity (Wildman–Crippen MR) is 54.4 cm³/mol. The van der Waals surface area contributed by atoms with E-state index in [2.05, 4.69) is 0 Å². The molecule has 7 heteroatoms. The summed E-state index contributed by atoms with van der Waals surface area (Å²) < 4.78 is 0.379. The molecule has 0 saturated heterocycles. The van der Waals surface area contributed by atoms with Gasteiger partial charge in [0.05, 0.1) is 4.92 Å². The van der Waals surface area contributed by atoms with E-state index < -0.39 is 27.9 Å². The Hall–Kier alpha value is -1.38. The van der Waals surface area contributed by atoms with Gasteiger partial charge in [-0.1, -0.05) is 0 Å². The van der Waals surface area contributed by atoms with Crippen molar-refractivity contribution in [3.05, 3.63) is 31.4 Å². The van der Waals surface area contributed by atoms with Gasteiger partial charge in [0, 0.05) is 9.64 Å². The zero-order valence-corrected chi connectivity index (χ0v) is 8.76. The van der Waals surface area contributed by atoms with Crippen LogP contribution in [0.3, 0.4) is 0 Å². The maximum absolute atomic E-state index is 10.6. The lowest BCUT2D eigenvalue weighted by atomic mass is 10.2. The highest BCUT2D eigenvalue weighted by Gasteiger charge is 2.22. The van der Waals surface area contributed by atoms with Crippen LogP contribution in [0.5, 0.6) is 5.75 Å². The summed E-state index contributed by atoms with van der Waals surface area (Å²) >= 11 is 1.74. The zero-order valence-electron chi connectivity index (χ0n) is 6.60. The number of benzene rings is 1. The first-order valence-corrected chi connectivity index (χ1v) is 4.41. The van der Waals surface area contributed by atoms with E-state index >= 15 is 0 Å². The molecule has 0 radical (unpaired) electrons. The van der Waals surface area contributed by atoms with E-state index in [0.29, 0.717) is 3.57 Å². The molecule has 0 aromatic heterocycles. The number of nitro groups is 1. The van der Waals surface area contributed by atoms with Crippen LogP contribution in [0, 0.1) is 13.7 Å². The number of hydrogen-bond acceptors (Lipinski definition) is 4. The Bertz CT molecular complexity index is 382. The van der Waals surface area contributed by atoms with E-state index in [4.69, 9.17) is 5.11 Å². The van der Waals surface area contributed by atoms with Gasteiger partial charge in [-0.3, -0.25) is 10.1 Å². The molecule has 0 spiro atoms. The molecule has 0 amide bonds. The SMILES string of the molecule is O=C(O)c1cc(I)cc([N+](=O)[O-])c1O. The molecule has 2 N–H and O–H groups in total. The molecule has 0 heterocycles. The number of aromatic hydroxyl groups is 1. The van der Waals surface area contributed by atoms with Crippen molar-refractivity contribution in [2.24, 2.45) is 0 Å². The number of hydrogen-bond donors (Lipinski definition) is 2. The van der Waals surface area contributed by atoms with Crippen LogP contribution in [-0.2, 0) is 0 Å². The summed E-state index contributed by atoms with van der Waals surface area (Å²) in [6.07, 6.45) is 0. The molecule has 1 rings (SSSR count). The van der Waals surface area contributed by atoms with E-state index in [1.54, 1.807) is 22.6 Å². The van der Waals surface area contributed by atoms with Crippen molar-refractivity contribution in [3.63, 3.8) is 0 Å². The van der Waals surface area contributed by atoms with Gasteiger partial charge < -0.3 is 10.2 Å². The number of nitrogens with zero attached hydrogens (tertiary/aromatic N) is 1. The number of carboxylic acid groups (broad SMARTS) is 1. The fourth-order valence-corrected chi connectivity index (χ4v) is 1.49. The van der Waals surface area contributed by atoms with Crippen molar-refractivity contribution >= 4 is 34.2 Å². The maximum atomic E-state index is 10.6. The molecular weight excluding hydrogens is 305 g/mol. The van der Waals surface area contributed by atoms with Gasteiger partial charge in [0.25, 0.3) is 0 Å². The molecule has 0 saturated carbocycles. The molecule has 0 fully saturated rings. The number of nitro benzene ring substituents is 1. The summed E-state index contributed by atoms with van der Waals surface area (Å²) in [7, 11) is 0. The Kier molecular flexibility index (Phi) is 2.89. The number of phenols is 1. The molecule has 0 bridgehead atoms. The Balaban J connectivity index is 3.47. The molecule has 6 nitrogen and oxygen atoms in total. The zero-order chi connectivity index (χ0) is 10.9. The predicted octanol–water partition coefficient (Wildman–Crippen LogP) is 1.60. The first-order chi connectivity index (χ1) is 6.43. The van der Waals surface area contributed by atoms with Crippen LogP contribution in [0.25, 0.3) is 0 Å². The number of rotatable bonds is 2. The summed E-state index contributed by atoms with van der Waals surface area (Å²) in [5.74, 6) is -2.22. The summed E-state index contributed by atoms with van der Waals surface area (Å²) in [5.41, 5.74) is -1.07. The normalized spacial score (nSPS) is 9.79. The Morgan fingerprint density at radius 1 is 1.50 bits per heavy atom. The van der Waals surface area contributed by atoms with Crippen LogP contribution in [0.1, 0.15) is 10.4 Å². The second kappa shape index (κ2) is 3.78. The van der Waals surface area contributed by atoms with E-state index in [1.807, 2.05) is 0 Å². The van der Waals surface area contributed by atoms with Crippen LogP contribution in [0.4, 0.5) is 5.69 Å². The average Bonchev–Trinajstić information content (AvgIpc) is 2.07. The summed E-state index contributed by atoms with van der Waals surface area (Å²) in [4.78, 5) is 20.1. The molecule has 74 valence electrons. The highest BCUT2D eigenvalue weighted by Crippen LogP contribution is 2.31. The van der Waals surface area contributed by atoms with E-state index in [9.17, 15) is 20.0 Å². The third-order valence-electron chi connectivity index (χ3n) is 1.48. The van der Waals surface area contributed by atoms with Crippen LogP contribution >= 0.6 is 22.6 Å². The molecule has 0 aliphatic heterocycles. The van der Waals surface area contributed by atoms with Crippen molar-refractivity contribution in [2.45, 2.75) is 0 Å².